The van der Waals surface area contributed by atoms with Gasteiger partial charge in [-0.1, -0.05) is 27.7 Å². The van der Waals surface area contributed by atoms with Gasteiger partial charge >= 0.3 is 0 Å². The molecule has 0 fully saturated rings. The van der Waals surface area contributed by atoms with Gasteiger partial charge in [0.2, 0.25) is 0 Å². The highest BCUT2D eigenvalue weighted by Gasteiger charge is 1.96. The number of nitrogens with zero attached hydrogens (tertiary/aromatic N) is 1. The Labute approximate surface area is 87.3 Å². The minimum absolute atomic E-state index is 0.561. The van der Waals surface area contributed by atoms with Crippen molar-refractivity contribution in [1.82, 2.24) is 4.98 Å². The minimum atomic E-state index is 0.561. The third-order valence-corrected chi connectivity index (χ3v) is 1.47. The largest absolute Gasteiger partial charge is 0.492 e. The lowest BCUT2D eigenvalue weighted by molar-refractivity contribution is 0.270. The highest BCUT2D eigenvalue weighted by Crippen LogP contribution is 2.09. The Balaban J connectivity index is 0.000000791. The molecule has 0 atom stereocenters. The van der Waals surface area contributed by atoms with Crippen LogP contribution in [0.2, 0.25) is 0 Å². The number of ether oxygens (including phenoxy) is 1. The van der Waals surface area contributed by atoms with E-state index in [0.29, 0.717) is 5.92 Å². The van der Waals surface area contributed by atoms with E-state index in [1.54, 1.807) is 6.20 Å². The third-order valence-electron chi connectivity index (χ3n) is 1.47. The van der Waals surface area contributed by atoms with Crippen LogP contribution in [0.15, 0.2) is 18.3 Å². The van der Waals surface area contributed by atoms with Crippen LogP contribution in [-0.4, -0.2) is 11.6 Å². The van der Waals surface area contributed by atoms with Crippen molar-refractivity contribution < 1.29 is 4.74 Å². The van der Waals surface area contributed by atoms with Crippen molar-refractivity contribution >= 4 is 0 Å². The van der Waals surface area contributed by atoms with Crippen LogP contribution in [-0.2, 0) is 0 Å². The fourth-order valence-electron chi connectivity index (χ4n) is 0.803. The van der Waals surface area contributed by atoms with Crippen molar-refractivity contribution in [3.8, 4) is 5.75 Å². The van der Waals surface area contributed by atoms with Crippen molar-refractivity contribution in [1.29, 1.82) is 0 Å². The molecule has 1 rings (SSSR count). The van der Waals surface area contributed by atoms with Crippen molar-refractivity contribution in [2.24, 2.45) is 5.92 Å². The average Bonchev–Trinajstić information content (AvgIpc) is 2.20. The van der Waals surface area contributed by atoms with Crippen LogP contribution in [0.4, 0.5) is 0 Å². The third kappa shape index (κ3) is 5.57. The lowest BCUT2D eigenvalue weighted by Gasteiger charge is -2.07. The van der Waals surface area contributed by atoms with Gasteiger partial charge in [-0.15, -0.1) is 0 Å². The number of aromatic nitrogens is 1. The van der Waals surface area contributed by atoms with Crippen LogP contribution in [0, 0.1) is 12.8 Å². The van der Waals surface area contributed by atoms with Gasteiger partial charge in [0.1, 0.15) is 5.75 Å². The molecule has 2 nitrogen and oxygen atoms in total. The summed E-state index contributed by atoms with van der Waals surface area (Å²) >= 11 is 0. The lowest BCUT2D eigenvalue weighted by Crippen LogP contribution is -2.04. The van der Waals surface area contributed by atoms with Gasteiger partial charge in [0, 0.05) is 5.69 Å². The number of pyridine rings is 1. The normalized spacial score (nSPS) is 9.29. The van der Waals surface area contributed by atoms with Crippen LogP contribution < -0.4 is 4.74 Å². The minimum Gasteiger partial charge on any atom is -0.492 e. The zero-order valence-electron chi connectivity index (χ0n) is 9.87. The molecule has 0 aliphatic rings. The summed E-state index contributed by atoms with van der Waals surface area (Å²) in [5.41, 5.74) is 1.02. The van der Waals surface area contributed by atoms with Gasteiger partial charge in [0.25, 0.3) is 0 Å². The summed E-state index contributed by atoms with van der Waals surface area (Å²) in [5, 5.41) is 0. The first-order chi connectivity index (χ1) is 6.68. The molecule has 0 amide bonds. The fourth-order valence-corrected chi connectivity index (χ4v) is 0.803. The Morgan fingerprint density at radius 1 is 1.29 bits per heavy atom. The molecule has 0 bridgehead atoms. The van der Waals surface area contributed by atoms with E-state index in [1.807, 2.05) is 32.9 Å². The van der Waals surface area contributed by atoms with Crippen LogP contribution in [0.25, 0.3) is 0 Å². The number of rotatable bonds is 3. The van der Waals surface area contributed by atoms with E-state index in [-0.39, 0.29) is 0 Å². The Hall–Kier alpha value is -1.05. The van der Waals surface area contributed by atoms with Crippen molar-refractivity contribution in [3.05, 3.63) is 24.0 Å². The van der Waals surface area contributed by atoms with Gasteiger partial charge in [-0.3, -0.25) is 4.98 Å². The molecular weight excluding hydrogens is 174 g/mol. The molecule has 1 aromatic heterocycles. The molecule has 14 heavy (non-hydrogen) atoms. The number of hydrogen-bond donors (Lipinski definition) is 0. The second-order valence-electron chi connectivity index (χ2n) is 3.34. The summed E-state index contributed by atoms with van der Waals surface area (Å²) in [6.45, 7) is 11.0. The quantitative estimate of drug-likeness (QED) is 0.737. The molecule has 0 spiro atoms. The van der Waals surface area contributed by atoms with E-state index in [1.165, 1.54) is 0 Å². The second kappa shape index (κ2) is 7.36. The molecular formula is C12H21NO. The molecule has 1 aromatic rings. The molecule has 2 heteroatoms. The average molecular weight is 195 g/mol. The molecule has 80 valence electrons. The monoisotopic (exact) mass is 195 g/mol. The Morgan fingerprint density at radius 2 is 1.93 bits per heavy atom. The van der Waals surface area contributed by atoms with Gasteiger partial charge in [0.15, 0.2) is 0 Å². The van der Waals surface area contributed by atoms with Gasteiger partial charge in [0.05, 0.1) is 12.8 Å². The molecule has 0 unspecified atom stereocenters. The first-order valence-corrected chi connectivity index (χ1v) is 5.24. The van der Waals surface area contributed by atoms with Crippen LogP contribution in [0.1, 0.15) is 33.4 Å². The fraction of sp³-hybridized carbons (Fsp3) is 0.583. The Kier molecular flexibility index (Phi) is 6.81. The van der Waals surface area contributed by atoms with E-state index in [9.17, 15) is 0 Å². The van der Waals surface area contributed by atoms with Crippen molar-refractivity contribution in [2.75, 3.05) is 6.61 Å². The van der Waals surface area contributed by atoms with E-state index in [4.69, 9.17) is 4.74 Å². The van der Waals surface area contributed by atoms with Gasteiger partial charge in [-0.25, -0.2) is 0 Å². The topological polar surface area (TPSA) is 22.1 Å². The maximum absolute atomic E-state index is 5.46. The molecule has 1 heterocycles. The zero-order chi connectivity index (χ0) is 11.0. The maximum atomic E-state index is 5.46. The highest BCUT2D eigenvalue weighted by molar-refractivity contribution is 5.18. The summed E-state index contributed by atoms with van der Waals surface area (Å²) in [5.74, 6) is 1.42. The maximum Gasteiger partial charge on any atom is 0.137 e. The predicted molar refractivity (Wildman–Crippen MR) is 60.7 cm³/mol. The summed E-state index contributed by atoms with van der Waals surface area (Å²) in [6.07, 6.45) is 1.76. The first-order valence-electron chi connectivity index (χ1n) is 5.24. The second-order valence-corrected chi connectivity index (χ2v) is 3.34. The molecule has 0 aliphatic carbocycles. The summed E-state index contributed by atoms with van der Waals surface area (Å²) in [4.78, 5) is 4.13. The van der Waals surface area contributed by atoms with Crippen molar-refractivity contribution in [2.45, 2.75) is 34.6 Å². The SMILES string of the molecule is CC.Cc1ccc(OCC(C)C)cn1. The predicted octanol–water partition coefficient (Wildman–Crippen LogP) is 3.45. The van der Waals surface area contributed by atoms with E-state index >= 15 is 0 Å². The van der Waals surface area contributed by atoms with Crippen LogP contribution >= 0.6 is 0 Å². The van der Waals surface area contributed by atoms with Gasteiger partial charge < -0.3 is 4.74 Å². The molecule has 0 saturated carbocycles. The summed E-state index contributed by atoms with van der Waals surface area (Å²) in [7, 11) is 0. The van der Waals surface area contributed by atoms with Crippen LogP contribution in [0.5, 0.6) is 5.75 Å². The highest BCUT2D eigenvalue weighted by atomic mass is 16.5. The molecule has 0 saturated heterocycles. The Morgan fingerprint density at radius 3 is 2.36 bits per heavy atom. The van der Waals surface area contributed by atoms with Gasteiger partial charge in [-0.2, -0.15) is 0 Å². The summed E-state index contributed by atoms with van der Waals surface area (Å²) < 4.78 is 5.46. The standard InChI is InChI=1S/C10H15NO.C2H6/c1-8(2)7-12-10-5-4-9(3)11-6-10;1-2/h4-6,8H,7H2,1-3H3;1-2H3. The molecule has 0 aromatic carbocycles. The number of hydrogen-bond acceptors (Lipinski definition) is 2. The number of aryl methyl sites for hydroxylation is 1. The van der Waals surface area contributed by atoms with Crippen LogP contribution in [0.3, 0.4) is 0 Å². The van der Waals surface area contributed by atoms with E-state index in [2.05, 4.69) is 18.8 Å². The van der Waals surface area contributed by atoms with Crippen molar-refractivity contribution in [3.63, 3.8) is 0 Å². The molecule has 0 aliphatic heterocycles. The molecule has 0 N–H and O–H groups in total. The lowest BCUT2D eigenvalue weighted by atomic mass is 10.2. The van der Waals surface area contributed by atoms with Gasteiger partial charge in [-0.05, 0) is 25.0 Å². The Bertz CT molecular complexity index is 229. The smallest absolute Gasteiger partial charge is 0.137 e. The summed E-state index contributed by atoms with van der Waals surface area (Å²) in [6, 6.07) is 3.90. The zero-order valence-corrected chi connectivity index (χ0v) is 9.87. The first kappa shape index (κ1) is 12.9. The molecule has 0 radical (unpaired) electrons. The van der Waals surface area contributed by atoms with E-state index < -0.39 is 0 Å². The van der Waals surface area contributed by atoms with E-state index in [0.717, 1.165) is 18.1 Å².